The molecule has 0 amide bonds. The highest BCUT2D eigenvalue weighted by molar-refractivity contribution is 6.00. The van der Waals surface area contributed by atoms with Gasteiger partial charge in [-0.15, -0.1) is 0 Å². The van der Waals surface area contributed by atoms with Crippen LogP contribution in [0.4, 0.5) is 0 Å². The molecule has 3 heteroatoms. The lowest BCUT2D eigenvalue weighted by molar-refractivity contribution is 0.650. The van der Waals surface area contributed by atoms with Crippen LogP contribution in [-0.4, -0.2) is 9.97 Å². The first-order chi connectivity index (χ1) is 7.25. The van der Waals surface area contributed by atoms with Gasteiger partial charge in [0.2, 0.25) is 5.71 Å². The predicted octanol–water partition coefficient (Wildman–Crippen LogP) is 2.99. The SMILES string of the molecule is Cc1nc2oc3ccccc3c2nc1C. The summed E-state index contributed by atoms with van der Waals surface area (Å²) in [6, 6.07) is 7.87. The second-order valence-electron chi connectivity index (χ2n) is 3.65. The Morgan fingerprint density at radius 3 is 2.60 bits per heavy atom. The van der Waals surface area contributed by atoms with Gasteiger partial charge in [0, 0.05) is 5.39 Å². The van der Waals surface area contributed by atoms with E-state index in [4.69, 9.17) is 4.42 Å². The molecule has 0 radical (unpaired) electrons. The fourth-order valence-corrected chi connectivity index (χ4v) is 1.68. The van der Waals surface area contributed by atoms with Crippen LogP contribution in [0, 0.1) is 13.8 Å². The lowest BCUT2D eigenvalue weighted by atomic mass is 10.2. The van der Waals surface area contributed by atoms with E-state index in [0.717, 1.165) is 27.9 Å². The van der Waals surface area contributed by atoms with Gasteiger partial charge >= 0.3 is 0 Å². The number of aromatic nitrogens is 2. The van der Waals surface area contributed by atoms with Crippen LogP contribution in [0.25, 0.3) is 22.2 Å². The third kappa shape index (κ3) is 1.13. The van der Waals surface area contributed by atoms with Crippen molar-refractivity contribution in [3.8, 4) is 0 Å². The molecule has 0 fully saturated rings. The second kappa shape index (κ2) is 2.79. The maximum atomic E-state index is 5.61. The number of nitrogens with zero attached hydrogens (tertiary/aromatic N) is 2. The fraction of sp³-hybridized carbons (Fsp3) is 0.167. The van der Waals surface area contributed by atoms with E-state index in [-0.39, 0.29) is 0 Å². The highest BCUT2D eigenvalue weighted by Gasteiger charge is 2.09. The van der Waals surface area contributed by atoms with Crippen molar-refractivity contribution in [1.29, 1.82) is 0 Å². The van der Waals surface area contributed by atoms with Gasteiger partial charge in [0.15, 0.2) is 0 Å². The number of para-hydroxylation sites is 1. The lowest BCUT2D eigenvalue weighted by Gasteiger charge is -1.95. The summed E-state index contributed by atoms with van der Waals surface area (Å²) in [4.78, 5) is 8.89. The van der Waals surface area contributed by atoms with Gasteiger partial charge in [-0.1, -0.05) is 12.1 Å². The first-order valence-electron chi connectivity index (χ1n) is 4.88. The number of rotatable bonds is 0. The molecule has 0 aliphatic heterocycles. The third-order valence-corrected chi connectivity index (χ3v) is 2.62. The molecule has 0 spiro atoms. The minimum atomic E-state index is 0.624. The molecule has 0 saturated heterocycles. The second-order valence-corrected chi connectivity index (χ2v) is 3.65. The Kier molecular flexibility index (Phi) is 1.57. The topological polar surface area (TPSA) is 38.9 Å². The van der Waals surface area contributed by atoms with Gasteiger partial charge in [-0.3, -0.25) is 0 Å². The van der Waals surface area contributed by atoms with Crippen LogP contribution in [-0.2, 0) is 0 Å². The van der Waals surface area contributed by atoms with E-state index < -0.39 is 0 Å². The van der Waals surface area contributed by atoms with Crippen molar-refractivity contribution in [2.24, 2.45) is 0 Å². The summed E-state index contributed by atoms with van der Waals surface area (Å²) in [7, 11) is 0. The molecular formula is C12H10N2O. The minimum absolute atomic E-state index is 0.624. The normalized spacial score (nSPS) is 11.3. The Bertz CT molecular complexity index is 655. The van der Waals surface area contributed by atoms with Crippen molar-refractivity contribution in [2.75, 3.05) is 0 Å². The molecular weight excluding hydrogens is 188 g/mol. The van der Waals surface area contributed by atoms with E-state index in [0.29, 0.717) is 5.71 Å². The Morgan fingerprint density at radius 1 is 1.00 bits per heavy atom. The van der Waals surface area contributed by atoms with Crippen LogP contribution in [0.15, 0.2) is 28.7 Å². The number of hydrogen-bond donors (Lipinski definition) is 0. The molecule has 0 saturated carbocycles. The van der Waals surface area contributed by atoms with Crippen LogP contribution in [0.2, 0.25) is 0 Å². The summed E-state index contributed by atoms with van der Waals surface area (Å²) < 4.78 is 5.61. The zero-order valence-electron chi connectivity index (χ0n) is 8.61. The number of hydrogen-bond acceptors (Lipinski definition) is 3. The van der Waals surface area contributed by atoms with E-state index in [1.54, 1.807) is 0 Å². The molecule has 0 bridgehead atoms. The smallest absolute Gasteiger partial charge is 0.246 e. The van der Waals surface area contributed by atoms with E-state index in [9.17, 15) is 0 Å². The Morgan fingerprint density at radius 2 is 1.73 bits per heavy atom. The van der Waals surface area contributed by atoms with Crippen molar-refractivity contribution in [3.05, 3.63) is 35.7 Å². The fourth-order valence-electron chi connectivity index (χ4n) is 1.68. The maximum Gasteiger partial charge on any atom is 0.246 e. The average molecular weight is 198 g/mol. The molecule has 0 aliphatic carbocycles. The van der Waals surface area contributed by atoms with Crippen molar-refractivity contribution < 1.29 is 4.42 Å². The van der Waals surface area contributed by atoms with E-state index in [2.05, 4.69) is 9.97 Å². The van der Waals surface area contributed by atoms with E-state index in [1.807, 2.05) is 38.1 Å². The first-order valence-corrected chi connectivity index (χ1v) is 4.88. The summed E-state index contributed by atoms with van der Waals surface area (Å²) in [5.41, 5.74) is 4.20. The minimum Gasteiger partial charge on any atom is -0.436 e. The highest BCUT2D eigenvalue weighted by Crippen LogP contribution is 2.25. The van der Waals surface area contributed by atoms with Crippen LogP contribution in [0.1, 0.15) is 11.4 Å². The number of aryl methyl sites for hydroxylation is 2. The molecule has 0 aliphatic rings. The lowest BCUT2D eigenvalue weighted by Crippen LogP contribution is -1.90. The van der Waals surface area contributed by atoms with E-state index >= 15 is 0 Å². The van der Waals surface area contributed by atoms with Gasteiger partial charge in [0.1, 0.15) is 11.1 Å². The molecule has 2 aromatic heterocycles. The zero-order valence-corrected chi connectivity index (χ0v) is 8.61. The van der Waals surface area contributed by atoms with Gasteiger partial charge in [-0.2, -0.15) is 0 Å². The maximum absolute atomic E-state index is 5.61. The summed E-state index contributed by atoms with van der Waals surface area (Å²) in [5.74, 6) is 0. The van der Waals surface area contributed by atoms with Crippen LogP contribution in [0.3, 0.4) is 0 Å². The Hall–Kier alpha value is -1.90. The van der Waals surface area contributed by atoms with Crippen molar-refractivity contribution in [1.82, 2.24) is 9.97 Å². The number of furan rings is 1. The van der Waals surface area contributed by atoms with Crippen LogP contribution < -0.4 is 0 Å². The van der Waals surface area contributed by atoms with Gasteiger partial charge in [0.05, 0.1) is 11.4 Å². The van der Waals surface area contributed by atoms with Crippen molar-refractivity contribution in [2.45, 2.75) is 13.8 Å². The Labute approximate surface area is 86.8 Å². The molecule has 0 atom stereocenters. The van der Waals surface area contributed by atoms with Crippen LogP contribution in [0.5, 0.6) is 0 Å². The third-order valence-electron chi connectivity index (χ3n) is 2.62. The monoisotopic (exact) mass is 198 g/mol. The molecule has 2 heterocycles. The van der Waals surface area contributed by atoms with E-state index in [1.165, 1.54) is 0 Å². The number of fused-ring (bicyclic) bond motifs is 3. The first kappa shape index (κ1) is 8.41. The number of benzene rings is 1. The quantitative estimate of drug-likeness (QED) is 0.557. The summed E-state index contributed by atoms with van der Waals surface area (Å²) in [6.45, 7) is 3.90. The highest BCUT2D eigenvalue weighted by atomic mass is 16.3. The molecule has 3 nitrogen and oxygen atoms in total. The molecule has 3 aromatic rings. The molecule has 74 valence electrons. The molecule has 1 aromatic carbocycles. The van der Waals surface area contributed by atoms with Crippen molar-refractivity contribution in [3.63, 3.8) is 0 Å². The van der Waals surface area contributed by atoms with Crippen molar-refractivity contribution >= 4 is 22.2 Å². The summed E-state index contributed by atoms with van der Waals surface area (Å²) >= 11 is 0. The van der Waals surface area contributed by atoms with Gasteiger partial charge in [-0.05, 0) is 26.0 Å². The van der Waals surface area contributed by atoms with Gasteiger partial charge < -0.3 is 4.42 Å². The standard InChI is InChI=1S/C12H10N2O/c1-7-8(2)14-12-11(13-7)9-5-3-4-6-10(9)15-12/h3-6H,1-2H3. The molecule has 0 N–H and O–H groups in total. The largest absolute Gasteiger partial charge is 0.436 e. The zero-order chi connectivity index (χ0) is 10.4. The molecule has 15 heavy (non-hydrogen) atoms. The summed E-state index contributed by atoms with van der Waals surface area (Å²) in [6.07, 6.45) is 0. The Balaban J connectivity index is 2.56. The predicted molar refractivity (Wildman–Crippen MR) is 58.8 cm³/mol. The van der Waals surface area contributed by atoms with Crippen LogP contribution >= 0.6 is 0 Å². The van der Waals surface area contributed by atoms with Gasteiger partial charge in [-0.25, -0.2) is 9.97 Å². The summed E-state index contributed by atoms with van der Waals surface area (Å²) in [5, 5.41) is 1.03. The molecule has 3 rings (SSSR count). The van der Waals surface area contributed by atoms with Gasteiger partial charge in [0.25, 0.3) is 0 Å². The average Bonchev–Trinajstić information content (AvgIpc) is 2.57. The molecule has 0 unspecified atom stereocenters.